The average Bonchev–Trinajstić information content (AvgIpc) is 2.91. The van der Waals surface area contributed by atoms with E-state index >= 15 is 0 Å². The first-order chi connectivity index (χ1) is 18.3. The van der Waals surface area contributed by atoms with Gasteiger partial charge in [0, 0.05) is 23.1 Å². The number of benzene rings is 2. The first-order valence-corrected chi connectivity index (χ1v) is 12.2. The highest BCUT2D eigenvalue weighted by molar-refractivity contribution is 5.98. The van der Waals surface area contributed by atoms with Crippen LogP contribution in [0.5, 0.6) is 0 Å². The summed E-state index contributed by atoms with van der Waals surface area (Å²) in [6, 6.07) is 17.8. The number of aryl methyl sites for hydroxylation is 1. The summed E-state index contributed by atoms with van der Waals surface area (Å²) in [5.74, 6) is -2.14. The van der Waals surface area contributed by atoms with Crippen molar-refractivity contribution in [3.8, 4) is 0 Å². The smallest absolute Gasteiger partial charge is 0.319 e. The van der Waals surface area contributed by atoms with Crippen LogP contribution in [-0.2, 0) is 16.0 Å². The van der Waals surface area contributed by atoms with E-state index in [0.29, 0.717) is 23.4 Å². The molecule has 10 heteroatoms. The van der Waals surface area contributed by atoms with Crippen LogP contribution in [0.2, 0.25) is 0 Å². The highest BCUT2D eigenvalue weighted by Gasteiger charge is 2.21. The average molecular weight is 518 g/mol. The molecule has 38 heavy (non-hydrogen) atoms. The van der Waals surface area contributed by atoms with Gasteiger partial charge in [-0.2, -0.15) is 0 Å². The number of hydrogen-bond acceptors (Lipinski definition) is 5. The van der Waals surface area contributed by atoms with Crippen LogP contribution >= 0.6 is 0 Å². The SMILES string of the molecule is CCc1ncccc1C(CC(=O)O)NC(=O)CNC(=O)c1cccc(NC(=O)NC(C)c2ccccc2)c1. The Hall–Kier alpha value is -4.73. The molecule has 0 bridgehead atoms. The Morgan fingerprint density at radius 2 is 1.71 bits per heavy atom. The number of urea groups is 1. The number of carboxylic acids is 1. The second-order valence-corrected chi connectivity index (χ2v) is 8.61. The lowest BCUT2D eigenvalue weighted by Crippen LogP contribution is -2.39. The number of carbonyl (C=O) groups excluding carboxylic acids is 3. The van der Waals surface area contributed by atoms with E-state index in [2.05, 4.69) is 26.3 Å². The van der Waals surface area contributed by atoms with Crippen molar-refractivity contribution in [2.24, 2.45) is 0 Å². The van der Waals surface area contributed by atoms with Gasteiger partial charge in [-0.15, -0.1) is 0 Å². The van der Waals surface area contributed by atoms with E-state index in [9.17, 15) is 24.3 Å². The number of carboxylic acid groups (broad SMARTS) is 1. The normalized spacial score (nSPS) is 12.1. The van der Waals surface area contributed by atoms with E-state index in [1.165, 1.54) is 6.07 Å². The molecule has 2 unspecified atom stereocenters. The van der Waals surface area contributed by atoms with Gasteiger partial charge in [-0.05, 0) is 48.7 Å². The number of aliphatic carboxylic acids is 1. The molecule has 10 nitrogen and oxygen atoms in total. The van der Waals surface area contributed by atoms with Crippen molar-refractivity contribution in [1.29, 1.82) is 0 Å². The molecule has 3 rings (SSSR count). The fraction of sp³-hybridized carbons (Fsp3) is 0.250. The molecule has 0 fully saturated rings. The fourth-order valence-electron chi connectivity index (χ4n) is 3.91. The second kappa shape index (κ2) is 13.5. The van der Waals surface area contributed by atoms with Gasteiger partial charge < -0.3 is 26.4 Å². The first kappa shape index (κ1) is 27.9. The van der Waals surface area contributed by atoms with Gasteiger partial charge in [0.25, 0.3) is 5.91 Å². The molecule has 2 atom stereocenters. The standard InChI is InChI=1S/C28H31N5O5/c1-3-23-22(13-8-14-29-23)24(16-26(35)36)33-25(34)17-30-27(37)20-11-7-12-21(15-20)32-28(38)31-18(2)19-9-5-4-6-10-19/h4-15,18,24H,3,16-17H2,1-2H3,(H,30,37)(H,33,34)(H,35,36)(H2,31,32,38). The Bertz CT molecular complexity index is 1280. The Kier molecular flexibility index (Phi) is 9.93. The van der Waals surface area contributed by atoms with Gasteiger partial charge >= 0.3 is 12.0 Å². The van der Waals surface area contributed by atoms with Crippen molar-refractivity contribution in [2.45, 2.75) is 38.8 Å². The molecule has 3 aromatic rings. The van der Waals surface area contributed by atoms with E-state index in [0.717, 1.165) is 5.56 Å². The van der Waals surface area contributed by atoms with Crippen molar-refractivity contribution in [1.82, 2.24) is 20.9 Å². The largest absolute Gasteiger partial charge is 0.481 e. The third-order valence-corrected chi connectivity index (χ3v) is 5.79. The number of nitrogens with zero attached hydrogens (tertiary/aromatic N) is 1. The van der Waals surface area contributed by atoms with Crippen LogP contribution in [0.3, 0.4) is 0 Å². The van der Waals surface area contributed by atoms with Crippen LogP contribution < -0.4 is 21.3 Å². The number of rotatable bonds is 11. The number of amides is 4. The lowest BCUT2D eigenvalue weighted by Gasteiger charge is -2.20. The minimum atomic E-state index is -1.07. The van der Waals surface area contributed by atoms with E-state index in [4.69, 9.17) is 0 Å². The second-order valence-electron chi connectivity index (χ2n) is 8.61. The van der Waals surface area contributed by atoms with Crippen LogP contribution in [-0.4, -0.2) is 40.5 Å². The van der Waals surface area contributed by atoms with Crippen molar-refractivity contribution in [3.63, 3.8) is 0 Å². The van der Waals surface area contributed by atoms with Gasteiger partial charge in [0.2, 0.25) is 5.91 Å². The first-order valence-electron chi connectivity index (χ1n) is 12.2. The minimum absolute atomic E-state index is 0.216. The lowest BCUT2D eigenvalue weighted by atomic mass is 10.0. The monoisotopic (exact) mass is 517 g/mol. The number of pyridine rings is 1. The van der Waals surface area contributed by atoms with Gasteiger partial charge in [0.1, 0.15) is 0 Å². The molecule has 2 aromatic carbocycles. The molecular weight excluding hydrogens is 486 g/mol. The zero-order chi connectivity index (χ0) is 27.5. The predicted molar refractivity (Wildman–Crippen MR) is 143 cm³/mol. The van der Waals surface area contributed by atoms with Gasteiger partial charge in [-0.1, -0.05) is 49.4 Å². The van der Waals surface area contributed by atoms with E-state index < -0.39 is 29.9 Å². The van der Waals surface area contributed by atoms with Crippen LogP contribution in [0.15, 0.2) is 72.9 Å². The van der Waals surface area contributed by atoms with E-state index in [1.54, 1.807) is 36.5 Å². The van der Waals surface area contributed by atoms with Crippen molar-refractivity contribution >= 4 is 29.5 Å². The third kappa shape index (κ3) is 8.16. The maximum Gasteiger partial charge on any atom is 0.319 e. The van der Waals surface area contributed by atoms with Gasteiger partial charge in [0.15, 0.2) is 0 Å². The molecule has 1 heterocycles. The highest BCUT2D eigenvalue weighted by Crippen LogP contribution is 2.20. The van der Waals surface area contributed by atoms with Crippen molar-refractivity contribution in [3.05, 3.63) is 95.3 Å². The Labute approximate surface area is 220 Å². The van der Waals surface area contributed by atoms with Gasteiger partial charge in [-0.3, -0.25) is 19.4 Å². The fourth-order valence-corrected chi connectivity index (χ4v) is 3.91. The summed E-state index contributed by atoms with van der Waals surface area (Å²) in [5, 5.41) is 20.1. The molecule has 0 aliphatic rings. The number of carbonyl (C=O) groups is 4. The molecule has 5 N–H and O–H groups in total. The number of anilines is 1. The maximum atomic E-state index is 12.7. The molecule has 0 saturated heterocycles. The number of nitrogens with one attached hydrogen (secondary N) is 4. The molecular formula is C28H31N5O5. The third-order valence-electron chi connectivity index (χ3n) is 5.79. The van der Waals surface area contributed by atoms with Crippen LogP contribution in [0.1, 0.15) is 59.5 Å². The van der Waals surface area contributed by atoms with E-state index in [-0.39, 0.29) is 24.6 Å². The molecule has 0 aliphatic carbocycles. The summed E-state index contributed by atoms with van der Waals surface area (Å²) in [6.07, 6.45) is 1.86. The molecule has 198 valence electrons. The summed E-state index contributed by atoms with van der Waals surface area (Å²) in [6.45, 7) is 3.40. The summed E-state index contributed by atoms with van der Waals surface area (Å²) >= 11 is 0. The van der Waals surface area contributed by atoms with Gasteiger partial charge in [-0.25, -0.2) is 4.79 Å². The summed E-state index contributed by atoms with van der Waals surface area (Å²) in [4.78, 5) is 53.3. The molecule has 0 spiro atoms. The minimum Gasteiger partial charge on any atom is -0.481 e. The predicted octanol–water partition coefficient (Wildman–Crippen LogP) is 3.59. The quantitative estimate of drug-likeness (QED) is 0.262. The number of aromatic nitrogens is 1. The molecule has 0 aliphatic heterocycles. The van der Waals surface area contributed by atoms with Crippen molar-refractivity contribution < 1.29 is 24.3 Å². The van der Waals surface area contributed by atoms with Crippen LogP contribution in [0, 0.1) is 0 Å². The molecule has 0 saturated carbocycles. The molecule has 1 aromatic heterocycles. The summed E-state index contributed by atoms with van der Waals surface area (Å²) in [5.41, 5.74) is 2.92. The topological polar surface area (TPSA) is 150 Å². The Balaban J connectivity index is 1.56. The molecule has 4 amide bonds. The maximum absolute atomic E-state index is 12.7. The zero-order valence-corrected chi connectivity index (χ0v) is 21.2. The van der Waals surface area contributed by atoms with E-state index in [1.807, 2.05) is 44.2 Å². The zero-order valence-electron chi connectivity index (χ0n) is 21.2. The highest BCUT2D eigenvalue weighted by atomic mass is 16.4. The van der Waals surface area contributed by atoms with Crippen molar-refractivity contribution in [2.75, 3.05) is 11.9 Å². The number of hydrogen-bond donors (Lipinski definition) is 5. The Morgan fingerprint density at radius 3 is 2.42 bits per heavy atom. The summed E-state index contributed by atoms with van der Waals surface area (Å²) < 4.78 is 0. The summed E-state index contributed by atoms with van der Waals surface area (Å²) in [7, 11) is 0. The Morgan fingerprint density at radius 1 is 0.947 bits per heavy atom. The van der Waals surface area contributed by atoms with Crippen LogP contribution in [0.25, 0.3) is 0 Å². The molecule has 0 radical (unpaired) electrons. The lowest BCUT2D eigenvalue weighted by molar-refractivity contribution is -0.137. The van der Waals surface area contributed by atoms with Gasteiger partial charge in [0.05, 0.1) is 25.0 Å². The van der Waals surface area contributed by atoms with Crippen LogP contribution in [0.4, 0.5) is 10.5 Å².